The van der Waals surface area contributed by atoms with Crippen LogP contribution in [-0.2, 0) is 7.05 Å². The normalized spacial score (nSPS) is 27.4. The number of carbonyl (C=O) groups excluding carboxylic acids is 1. The molecule has 1 amide bonds. The maximum Gasteiger partial charge on any atom is 0.270 e. The Kier molecular flexibility index (Phi) is 3.56. The third-order valence-electron chi connectivity index (χ3n) is 4.50. The molecule has 0 bridgehead atoms. The molecule has 0 aromatic carbocycles. The average Bonchev–Trinajstić information content (AvgIpc) is 3.11. The number of rotatable bonds is 3. The summed E-state index contributed by atoms with van der Waals surface area (Å²) in [6.07, 6.45) is 5.00. The Morgan fingerprint density at radius 1 is 1.35 bits per heavy atom. The fourth-order valence-electron chi connectivity index (χ4n) is 3.36. The second-order valence-corrected chi connectivity index (χ2v) is 6.19. The van der Waals surface area contributed by atoms with Crippen LogP contribution in [0.2, 0.25) is 0 Å². The number of hydrogen-bond acceptors (Lipinski definition) is 3. The van der Waals surface area contributed by atoms with Crippen molar-refractivity contribution in [1.29, 1.82) is 0 Å². The van der Waals surface area contributed by atoms with Crippen LogP contribution in [0.3, 0.4) is 0 Å². The molecule has 20 heavy (non-hydrogen) atoms. The van der Waals surface area contributed by atoms with Crippen LogP contribution >= 0.6 is 0 Å². The molecule has 2 aliphatic rings. The molecule has 1 aromatic heterocycles. The Labute approximate surface area is 119 Å². The number of amides is 1. The fraction of sp³-hybridized carbons (Fsp3) is 0.667. The van der Waals surface area contributed by atoms with Crippen LogP contribution in [0.15, 0.2) is 18.3 Å². The van der Waals surface area contributed by atoms with Gasteiger partial charge in [-0.05, 0) is 44.5 Å². The fourth-order valence-corrected chi connectivity index (χ4v) is 3.36. The molecule has 0 saturated carbocycles. The minimum absolute atomic E-state index is 0.0230. The highest BCUT2D eigenvalue weighted by atomic mass is 16.3. The number of aliphatic hydroxyl groups is 1. The lowest BCUT2D eigenvalue weighted by Gasteiger charge is -2.28. The third kappa shape index (κ3) is 2.60. The van der Waals surface area contributed by atoms with Crippen molar-refractivity contribution in [3.8, 4) is 0 Å². The standard InChI is InChI=1S/C15H23N3O2/c1-16-7-4-5-13(16)14(19)18-10-6-15(20,12-18)11-17-8-2-3-9-17/h4-5,7,20H,2-3,6,8-12H2,1H3/t15-/m0/s1. The highest BCUT2D eigenvalue weighted by Crippen LogP contribution is 2.25. The molecule has 2 saturated heterocycles. The van der Waals surface area contributed by atoms with E-state index < -0.39 is 5.60 Å². The first-order valence-corrected chi connectivity index (χ1v) is 7.43. The predicted octanol–water partition coefficient (Wildman–Crippen LogP) is 0.698. The summed E-state index contributed by atoms with van der Waals surface area (Å²) in [4.78, 5) is 16.5. The molecule has 2 fully saturated rings. The van der Waals surface area contributed by atoms with Crippen LogP contribution in [0.1, 0.15) is 29.8 Å². The van der Waals surface area contributed by atoms with Crippen molar-refractivity contribution in [2.75, 3.05) is 32.7 Å². The molecule has 0 radical (unpaired) electrons. The number of aryl methyl sites for hydroxylation is 1. The van der Waals surface area contributed by atoms with Gasteiger partial charge in [0.15, 0.2) is 0 Å². The van der Waals surface area contributed by atoms with Gasteiger partial charge in [-0.25, -0.2) is 0 Å². The lowest BCUT2D eigenvalue weighted by atomic mass is 10.0. The Balaban J connectivity index is 1.63. The van der Waals surface area contributed by atoms with Gasteiger partial charge < -0.3 is 19.5 Å². The van der Waals surface area contributed by atoms with Crippen molar-refractivity contribution in [2.24, 2.45) is 7.05 Å². The summed E-state index contributed by atoms with van der Waals surface area (Å²) in [6.45, 7) is 3.95. The SMILES string of the molecule is Cn1cccc1C(=O)N1CC[C@](O)(CN2CCCC2)C1. The molecule has 0 unspecified atom stereocenters. The predicted molar refractivity (Wildman–Crippen MR) is 76.6 cm³/mol. The second kappa shape index (κ2) is 5.22. The monoisotopic (exact) mass is 277 g/mol. The molecule has 0 spiro atoms. The number of β-amino-alcohol motifs (C(OH)–C–C–N with tert-alkyl or cyclic N) is 1. The number of nitrogens with zero attached hydrogens (tertiary/aromatic N) is 3. The first-order valence-electron chi connectivity index (χ1n) is 7.43. The zero-order valence-corrected chi connectivity index (χ0v) is 12.1. The molecule has 110 valence electrons. The second-order valence-electron chi connectivity index (χ2n) is 6.19. The van der Waals surface area contributed by atoms with E-state index in [1.165, 1.54) is 12.8 Å². The Bertz CT molecular complexity index is 493. The molecule has 3 rings (SSSR count). The highest BCUT2D eigenvalue weighted by Gasteiger charge is 2.40. The van der Waals surface area contributed by atoms with Gasteiger partial charge >= 0.3 is 0 Å². The largest absolute Gasteiger partial charge is 0.387 e. The van der Waals surface area contributed by atoms with Crippen molar-refractivity contribution in [1.82, 2.24) is 14.4 Å². The van der Waals surface area contributed by atoms with E-state index in [9.17, 15) is 9.90 Å². The average molecular weight is 277 g/mol. The molecule has 1 N–H and O–H groups in total. The van der Waals surface area contributed by atoms with Crippen molar-refractivity contribution in [3.05, 3.63) is 24.0 Å². The van der Waals surface area contributed by atoms with Crippen LogP contribution in [0.4, 0.5) is 0 Å². The van der Waals surface area contributed by atoms with Crippen LogP contribution in [0, 0.1) is 0 Å². The minimum Gasteiger partial charge on any atom is -0.387 e. The van der Waals surface area contributed by atoms with Gasteiger partial charge in [0.05, 0.1) is 12.1 Å². The van der Waals surface area contributed by atoms with E-state index in [2.05, 4.69) is 4.90 Å². The molecule has 3 heterocycles. The van der Waals surface area contributed by atoms with E-state index in [-0.39, 0.29) is 5.91 Å². The van der Waals surface area contributed by atoms with E-state index in [0.717, 1.165) is 13.1 Å². The van der Waals surface area contributed by atoms with E-state index in [1.807, 2.05) is 29.9 Å². The first-order chi connectivity index (χ1) is 9.57. The Hall–Kier alpha value is -1.33. The van der Waals surface area contributed by atoms with E-state index in [0.29, 0.717) is 31.7 Å². The molecular weight excluding hydrogens is 254 g/mol. The van der Waals surface area contributed by atoms with Crippen molar-refractivity contribution in [2.45, 2.75) is 24.9 Å². The Morgan fingerprint density at radius 2 is 2.10 bits per heavy atom. The molecule has 5 nitrogen and oxygen atoms in total. The lowest BCUT2D eigenvalue weighted by molar-refractivity contribution is 0.0174. The Morgan fingerprint density at radius 3 is 2.75 bits per heavy atom. The summed E-state index contributed by atoms with van der Waals surface area (Å²) >= 11 is 0. The first kappa shape index (κ1) is 13.6. The molecule has 5 heteroatoms. The number of carbonyl (C=O) groups is 1. The lowest BCUT2D eigenvalue weighted by Crippen LogP contribution is -2.45. The van der Waals surface area contributed by atoms with Crippen LogP contribution in [0.25, 0.3) is 0 Å². The molecule has 0 aliphatic carbocycles. The maximum atomic E-state index is 12.4. The summed E-state index contributed by atoms with van der Waals surface area (Å²) in [5, 5.41) is 10.7. The topological polar surface area (TPSA) is 48.7 Å². The zero-order chi connectivity index (χ0) is 14.2. The third-order valence-corrected chi connectivity index (χ3v) is 4.50. The summed E-state index contributed by atoms with van der Waals surface area (Å²) in [6, 6.07) is 3.71. The van der Waals surface area contributed by atoms with Crippen molar-refractivity contribution in [3.63, 3.8) is 0 Å². The molecular formula is C15H23N3O2. The number of aromatic nitrogens is 1. The van der Waals surface area contributed by atoms with Gasteiger partial charge in [-0.1, -0.05) is 0 Å². The number of hydrogen-bond donors (Lipinski definition) is 1. The smallest absolute Gasteiger partial charge is 0.270 e. The van der Waals surface area contributed by atoms with Gasteiger partial charge in [0, 0.05) is 26.3 Å². The minimum atomic E-state index is -0.731. The summed E-state index contributed by atoms with van der Waals surface area (Å²) in [5.41, 5.74) is -0.0408. The van der Waals surface area contributed by atoms with Crippen LogP contribution in [0.5, 0.6) is 0 Å². The van der Waals surface area contributed by atoms with Crippen molar-refractivity contribution >= 4 is 5.91 Å². The van der Waals surface area contributed by atoms with Gasteiger partial charge in [-0.2, -0.15) is 0 Å². The highest BCUT2D eigenvalue weighted by molar-refractivity contribution is 5.93. The summed E-state index contributed by atoms with van der Waals surface area (Å²) in [5.74, 6) is 0.0230. The van der Waals surface area contributed by atoms with Gasteiger partial charge in [-0.15, -0.1) is 0 Å². The maximum absolute atomic E-state index is 12.4. The summed E-state index contributed by atoms with van der Waals surface area (Å²) in [7, 11) is 1.87. The van der Waals surface area contributed by atoms with Crippen molar-refractivity contribution < 1.29 is 9.90 Å². The molecule has 1 aromatic rings. The van der Waals surface area contributed by atoms with Gasteiger partial charge in [0.1, 0.15) is 5.69 Å². The quantitative estimate of drug-likeness (QED) is 0.884. The van der Waals surface area contributed by atoms with Gasteiger partial charge in [0.2, 0.25) is 0 Å². The van der Waals surface area contributed by atoms with Gasteiger partial charge in [-0.3, -0.25) is 4.79 Å². The van der Waals surface area contributed by atoms with E-state index in [4.69, 9.17) is 0 Å². The zero-order valence-electron chi connectivity index (χ0n) is 12.1. The molecule has 1 atom stereocenters. The summed E-state index contributed by atoms with van der Waals surface area (Å²) < 4.78 is 1.83. The van der Waals surface area contributed by atoms with Crippen LogP contribution < -0.4 is 0 Å². The van der Waals surface area contributed by atoms with E-state index >= 15 is 0 Å². The number of likely N-dealkylation sites (tertiary alicyclic amines) is 2. The molecule has 2 aliphatic heterocycles. The van der Waals surface area contributed by atoms with Crippen LogP contribution in [-0.4, -0.2) is 63.7 Å². The van der Waals surface area contributed by atoms with Gasteiger partial charge in [0.25, 0.3) is 5.91 Å². The van der Waals surface area contributed by atoms with E-state index in [1.54, 1.807) is 4.90 Å².